The van der Waals surface area contributed by atoms with Crippen LogP contribution in [-0.4, -0.2) is 21.4 Å². The second-order valence-corrected chi connectivity index (χ2v) is 12.4. The van der Waals surface area contributed by atoms with Gasteiger partial charge in [-0.1, -0.05) is 0 Å². The van der Waals surface area contributed by atoms with Crippen LogP contribution >= 0.6 is 0 Å². The van der Waals surface area contributed by atoms with E-state index in [0.717, 1.165) is 60.7 Å². The van der Waals surface area contributed by atoms with Crippen molar-refractivity contribution in [2.45, 2.75) is 62.6 Å². The van der Waals surface area contributed by atoms with Gasteiger partial charge in [0.2, 0.25) is 0 Å². The molecule has 128 valence electrons. The third-order valence-corrected chi connectivity index (χ3v) is 12.6. The molecular weight excluding hydrogens is 296 g/mol. The number of hydrogen-bond donors (Lipinski definition) is 2. The SMILES string of the molecule is O[C@@]12C[C@@H]3[C@@H]4C[C@]56C[C@@H]7C[C@H]8[C@H]9C[C@@](C1)([C@@H]3[C@@H]85)[C@H]([C@H]4C2)[C@]6(O)[C@@H]9C7. The van der Waals surface area contributed by atoms with Gasteiger partial charge in [-0.15, -0.1) is 0 Å². The van der Waals surface area contributed by atoms with E-state index in [2.05, 4.69) is 0 Å². The standard InChI is InChI=1S/C22H28O2/c23-19-4-13-11-7-21-3-9-1-10-12-6-20(8-19,16(13)17(10)21)18(14(11)5-19)22(21,24)15(12)2-9/h9-18,23-24H,1-8H2/t9-,10+,11+,12-,13-,14+,15-,16+,17-,18+,19-,20-,21-,22-/m1/s1. The van der Waals surface area contributed by atoms with E-state index in [1.807, 2.05) is 0 Å². The highest BCUT2D eigenvalue weighted by Gasteiger charge is 2.92. The van der Waals surface area contributed by atoms with Crippen LogP contribution in [0.2, 0.25) is 0 Å². The molecule has 24 heavy (non-hydrogen) atoms. The molecule has 13 aliphatic rings. The number of hydrogen-bond acceptors (Lipinski definition) is 2. The van der Waals surface area contributed by atoms with Crippen LogP contribution in [0.25, 0.3) is 0 Å². The zero-order valence-corrected chi connectivity index (χ0v) is 14.3. The van der Waals surface area contributed by atoms with Crippen LogP contribution < -0.4 is 0 Å². The van der Waals surface area contributed by atoms with Crippen LogP contribution in [0.1, 0.15) is 51.4 Å². The van der Waals surface area contributed by atoms with Gasteiger partial charge in [0, 0.05) is 5.41 Å². The topological polar surface area (TPSA) is 40.5 Å². The van der Waals surface area contributed by atoms with Gasteiger partial charge in [-0.05, 0) is 116 Å². The maximum absolute atomic E-state index is 12.5. The minimum Gasteiger partial charge on any atom is -0.390 e. The van der Waals surface area contributed by atoms with E-state index >= 15 is 0 Å². The Hall–Kier alpha value is -0.0800. The van der Waals surface area contributed by atoms with E-state index in [1.165, 1.54) is 32.1 Å². The molecule has 0 unspecified atom stereocenters. The predicted octanol–water partition coefficient (Wildman–Crippen LogP) is 2.83. The Bertz CT molecular complexity index is 748. The second kappa shape index (κ2) is 2.87. The van der Waals surface area contributed by atoms with Gasteiger partial charge in [-0.2, -0.15) is 0 Å². The summed E-state index contributed by atoms with van der Waals surface area (Å²) in [4.78, 5) is 0. The Morgan fingerprint density at radius 2 is 1.58 bits per heavy atom. The van der Waals surface area contributed by atoms with E-state index in [9.17, 15) is 10.2 Å². The normalized spacial score (nSPS) is 85.2. The highest BCUT2D eigenvalue weighted by Crippen LogP contribution is 2.93. The first kappa shape index (κ1) is 12.3. The zero-order valence-electron chi connectivity index (χ0n) is 14.3. The summed E-state index contributed by atoms with van der Waals surface area (Å²) in [6.45, 7) is 0. The quantitative estimate of drug-likeness (QED) is 0.719. The van der Waals surface area contributed by atoms with Crippen molar-refractivity contribution in [1.29, 1.82) is 0 Å². The van der Waals surface area contributed by atoms with Crippen molar-refractivity contribution in [3.8, 4) is 0 Å². The van der Waals surface area contributed by atoms with Gasteiger partial charge in [0.05, 0.1) is 11.2 Å². The summed E-state index contributed by atoms with van der Waals surface area (Å²) >= 11 is 0. The summed E-state index contributed by atoms with van der Waals surface area (Å²) in [5.41, 5.74) is 0.0456. The van der Waals surface area contributed by atoms with Crippen LogP contribution in [0.5, 0.6) is 0 Å². The van der Waals surface area contributed by atoms with Crippen LogP contribution in [0, 0.1) is 70.0 Å². The molecule has 0 aromatic heterocycles. The number of aliphatic hydroxyl groups is 2. The molecule has 13 fully saturated rings. The van der Waals surface area contributed by atoms with Gasteiger partial charge in [-0.25, -0.2) is 0 Å². The molecule has 0 saturated heterocycles. The molecule has 14 bridgehead atoms. The Balaban J connectivity index is 1.43. The van der Waals surface area contributed by atoms with Crippen molar-refractivity contribution in [2.75, 3.05) is 0 Å². The van der Waals surface area contributed by atoms with E-state index < -0.39 is 0 Å². The van der Waals surface area contributed by atoms with Crippen molar-refractivity contribution >= 4 is 0 Å². The van der Waals surface area contributed by atoms with Gasteiger partial charge in [-0.3, -0.25) is 0 Å². The van der Waals surface area contributed by atoms with Crippen molar-refractivity contribution in [3.05, 3.63) is 0 Å². The lowest BCUT2D eigenvalue weighted by Gasteiger charge is -2.93. The first-order chi connectivity index (χ1) is 11.5. The molecule has 0 aliphatic heterocycles. The van der Waals surface area contributed by atoms with Crippen molar-refractivity contribution in [1.82, 2.24) is 0 Å². The van der Waals surface area contributed by atoms with E-state index in [4.69, 9.17) is 0 Å². The monoisotopic (exact) mass is 324 g/mol. The molecule has 0 aromatic carbocycles. The minimum absolute atomic E-state index is 0.310. The molecule has 13 saturated carbocycles. The fourth-order valence-corrected chi connectivity index (χ4v) is 13.5. The van der Waals surface area contributed by atoms with Gasteiger partial charge in [0.15, 0.2) is 0 Å². The van der Waals surface area contributed by atoms with E-state index in [0.29, 0.717) is 28.6 Å². The highest BCUT2D eigenvalue weighted by molar-refractivity contribution is 5.40. The summed E-state index contributed by atoms with van der Waals surface area (Å²) in [6, 6.07) is 0. The molecule has 14 atom stereocenters. The average Bonchev–Trinajstić information content (AvgIpc) is 2.52. The molecule has 13 aliphatic carbocycles. The maximum Gasteiger partial charge on any atom is 0.0773 e. The summed E-state index contributed by atoms with van der Waals surface area (Å²) in [5, 5.41) is 23.9. The molecular formula is C22H28O2. The molecule has 13 rings (SSSR count). The molecule has 2 heteroatoms. The fourth-order valence-electron chi connectivity index (χ4n) is 13.5. The van der Waals surface area contributed by atoms with Crippen molar-refractivity contribution in [2.24, 2.45) is 70.0 Å². The number of rotatable bonds is 0. The minimum atomic E-state index is -0.345. The van der Waals surface area contributed by atoms with E-state index in [-0.39, 0.29) is 11.2 Å². The van der Waals surface area contributed by atoms with Crippen molar-refractivity contribution in [3.63, 3.8) is 0 Å². The summed E-state index contributed by atoms with van der Waals surface area (Å²) < 4.78 is 0. The fraction of sp³-hybridized carbons (Fsp3) is 1.00. The zero-order chi connectivity index (χ0) is 15.4. The smallest absolute Gasteiger partial charge is 0.0773 e. The van der Waals surface area contributed by atoms with E-state index in [1.54, 1.807) is 0 Å². The Kier molecular flexibility index (Phi) is 1.48. The molecule has 2 N–H and O–H groups in total. The van der Waals surface area contributed by atoms with Crippen LogP contribution in [0.15, 0.2) is 0 Å². The molecule has 2 spiro atoms. The first-order valence-corrected chi connectivity index (χ1v) is 11.0. The summed E-state index contributed by atoms with van der Waals surface area (Å²) in [7, 11) is 0. The Morgan fingerprint density at radius 3 is 2.50 bits per heavy atom. The lowest BCUT2D eigenvalue weighted by atomic mass is 9.12. The third-order valence-electron chi connectivity index (χ3n) is 12.6. The van der Waals surface area contributed by atoms with Crippen LogP contribution in [0.4, 0.5) is 0 Å². The molecule has 2 nitrogen and oxygen atoms in total. The lowest BCUT2D eigenvalue weighted by molar-refractivity contribution is -0.487. The maximum atomic E-state index is 12.5. The Labute approximate surface area is 143 Å². The first-order valence-electron chi connectivity index (χ1n) is 11.0. The molecule has 0 radical (unpaired) electrons. The van der Waals surface area contributed by atoms with Gasteiger partial charge >= 0.3 is 0 Å². The lowest BCUT2D eigenvalue weighted by Crippen LogP contribution is -2.93. The van der Waals surface area contributed by atoms with Gasteiger partial charge in [0.1, 0.15) is 0 Å². The second-order valence-electron chi connectivity index (χ2n) is 12.4. The highest BCUT2D eigenvalue weighted by atomic mass is 16.3. The Morgan fingerprint density at radius 1 is 0.708 bits per heavy atom. The van der Waals surface area contributed by atoms with Crippen LogP contribution in [0.3, 0.4) is 0 Å². The molecule has 0 amide bonds. The summed E-state index contributed by atoms with van der Waals surface area (Å²) in [6.07, 6.45) is 10.3. The third kappa shape index (κ3) is 0.794. The summed E-state index contributed by atoms with van der Waals surface area (Å²) in [5.74, 6) is 8.12. The average molecular weight is 324 g/mol. The van der Waals surface area contributed by atoms with Crippen LogP contribution in [-0.2, 0) is 0 Å². The van der Waals surface area contributed by atoms with Gasteiger partial charge < -0.3 is 10.2 Å². The van der Waals surface area contributed by atoms with Crippen molar-refractivity contribution < 1.29 is 10.2 Å². The van der Waals surface area contributed by atoms with Gasteiger partial charge in [0.25, 0.3) is 0 Å². The molecule has 0 heterocycles. The molecule has 0 aromatic rings. The predicted molar refractivity (Wildman–Crippen MR) is 86.6 cm³/mol. The largest absolute Gasteiger partial charge is 0.390 e.